The van der Waals surface area contributed by atoms with Crippen LogP contribution in [-0.2, 0) is 9.59 Å². The number of amides is 2. The molecular weight excluding hydrogens is 359 g/mol. The second-order valence-electron chi connectivity index (χ2n) is 6.57. The van der Waals surface area contributed by atoms with Crippen LogP contribution in [0.25, 0.3) is 0 Å². The van der Waals surface area contributed by atoms with E-state index in [1.165, 1.54) is 18.1 Å². The third kappa shape index (κ3) is 4.04. The van der Waals surface area contributed by atoms with Gasteiger partial charge in [-0.25, -0.2) is 9.40 Å². The van der Waals surface area contributed by atoms with Crippen LogP contribution in [0.15, 0.2) is 23.3 Å². The van der Waals surface area contributed by atoms with Gasteiger partial charge < -0.3 is 5.32 Å². The van der Waals surface area contributed by atoms with Crippen molar-refractivity contribution in [2.75, 3.05) is 26.7 Å². The van der Waals surface area contributed by atoms with Gasteiger partial charge in [-0.2, -0.15) is 5.10 Å². The molecule has 2 heterocycles. The van der Waals surface area contributed by atoms with Gasteiger partial charge in [0.1, 0.15) is 11.5 Å². The van der Waals surface area contributed by atoms with Crippen LogP contribution in [0.1, 0.15) is 37.3 Å². The van der Waals surface area contributed by atoms with Crippen molar-refractivity contribution >= 4 is 29.1 Å². The quantitative estimate of drug-likeness (QED) is 0.852. The van der Waals surface area contributed by atoms with E-state index in [0.717, 1.165) is 25.9 Å². The fourth-order valence-electron chi connectivity index (χ4n) is 3.42. The Morgan fingerprint density at radius 3 is 2.73 bits per heavy atom. The number of rotatable bonds is 5. The fourth-order valence-corrected chi connectivity index (χ4v) is 3.71. The third-order valence-corrected chi connectivity index (χ3v) is 5.17. The van der Waals surface area contributed by atoms with Gasteiger partial charge >= 0.3 is 0 Å². The predicted molar refractivity (Wildman–Crippen MR) is 97.4 cm³/mol. The Labute approximate surface area is 157 Å². The first-order valence-electron chi connectivity index (χ1n) is 8.77. The summed E-state index contributed by atoms with van der Waals surface area (Å²) in [6, 6.07) is 4.29. The molecule has 8 heteroatoms. The Bertz CT molecular complexity index is 714. The van der Waals surface area contributed by atoms with Crippen molar-refractivity contribution in [3.63, 3.8) is 0 Å². The zero-order valence-electron chi connectivity index (χ0n) is 14.7. The monoisotopic (exact) mass is 380 g/mol. The highest BCUT2D eigenvalue weighted by molar-refractivity contribution is 6.39. The van der Waals surface area contributed by atoms with Gasteiger partial charge in [0.25, 0.3) is 5.91 Å². The van der Waals surface area contributed by atoms with Gasteiger partial charge in [-0.1, -0.05) is 17.7 Å². The van der Waals surface area contributed by atoms with E-state index in [1.807, 2.05) is 0 Å². The van der Waals surface area contributed by atoms with Crippen molar-refractivity contribution in [2.24, 2.45) is 5.10 Å². The molecule has 1 unspecified atom stereocenters. The van der Waals surface area contributed by atoms with E-state index in [0.29, 0.717) is 22.7 Å². The van der Waals surface area contributed by atoms with Crippen LogP contribution < -0.4 is 5.32 Å². The van der Waals surface area contributed by atoms with E-state index in [-0.39, 0.29) is 36.6 Å². The molecule has 3 rings (SSSR count). The normalized spacial score (nSPS) is 19.4. The maximum Gasteiger partial charge on any atom is 0.267 e. The third-order valence-electron chi connectivity index (χ3n) is 4.84. The lowest BCUT2D eigenvalue weighted by Gasteiger charge is -2.29. The molecule has 0 aromatic heterocycles. The van der Waals surface area contributed by atoms with E-state index in [1.54, 1.807) is 12.1 Å². The molecule has 1 aromatic rings. The summed E-state index contributed by atoms with van der Waals surface area (Å²) < 4.78 is 14.4. The van der Waals surface area contributed by atoms with Gasteiger partial charge in [0.2, 0.25) is 5.91 Å². The molecule has 6 nitrogen and oxygen atoms in total. The van der Waals surface area contributed by atoms with Crippen molar-refractivity contribution in [1.82, 2.24) is 15.2 Å². The molecular formula is C18H22ClFN4O2. The maximum absolute atomic E-state index is 14.4. The van der Waals surface area contributed by atoms with Crippen molar-refractivity contribution in [3.05, 3.63) is 34.6 Å². The lowest BCUT2D eigenvalue weighted by Crippen LogP contribution is -2.42. The number of carbonyl (C=O) groups is 2. The Balaban J connectivity index is 1.76. The molecule has 2 aliphatic heterocycles. The summed E-state index contributed by atoms with van der Waals surface area (Å²) in [5.74, 6) is -0.820. The van der Waals surface area contributed by atoms with Crippen molar-refractivity contribution in [2.45, 2.75) is 31.7 Å². The Morgan fingerprint density at radius 2 is 2.08 bits per heavy atom. The minimum atomic E-state index is -0.371. The topological polar surface area (TPSA) is 65.0 Å². The number of hydrazone groups is 1. The summed E-state index contributed by atoms with van der Waals surface area (Å²) in [6.07, 6.45) is 2.65. The molecule has 140 valence electrons. The molecule has 0 spiro atoms. The van der Waals surface area contributed by atoms with Crippen LogP contribution in [0.4, 0.5) is 4.39 Å². The number of carbonyl (C=O) groups excluding carboxylic acids is 2. The van der Waals surface area contributed by atoms with E-state index in [2.05, 4.69) is 15.3 Å². The highest BCUT2D eigenvalue weighted by Crippen LogP contribution is 2.32. The van der Waals surface area contributed by atoms with E-state index >= 15 is 0 Å². The Kier molecular flexibility index (Phi) is 5.88. The molecule has 0 saturated carbocycles. The van der Waals surface area contributed by atoms with Crippen LogP contribution in [0, 0.1) is 5.82 Å². The number of benzene rings is 1. The standard InChI is InChI=1S/C18H22ClFN4O2/c1-23-16(25)8-7-14(22-23)18(26)21-11-15(24-9-2-3-10-24)17-12(19)5-4-6-13(17)20/h4-6,15H,2-3,7-11H2,1H3,(H,21,26). The Morgan fingerprint density at radius 1 is 1.35 bits per heavy atom. The first-order valence-corrected chi connectivity index (χ1v) is 9.15. The summed E-state index contributed by atoms with van der Waals surface area (Å²) in [6.45, 7) is 1.91. The van der Waals surface area contributed by atoms with Gasteiger partial charge in [0.15, 0.2) is 0 Å². The predicted octanol–water partition coefficient (Wildman–Crippen LogP) is 2.34. The number of nitrogens with zero attached hydrogens (tertiary/aromatic N) is 3. The van der Waals surface area contributed by atoms with Gasteiger partial charge in [-0.3, -0.25) is 14.5 Å². The number of hydrogen-bond acceptors (Lipinski definition) is 4. The number of nitrogens with one attached hydrogen (secondary N) is 1. The van der Waals surface area contributed by atoms with Crippen LogP contribution in [0.2, 0.25) is 5.02 Å². The summed E-state index contributed by atoms with van der Waals surface area (Å²) >= 11 is 6.25. The molecule has 0 radical (unpaired) electrons. The zero-order chi connectivity index (χ0) is 18.7. The summed E-state index contributed by atoms with van der Waals surface area (Å²) in [7, 11) is 1.53. The van der Waals surface area contributed by atoms with Crippen LogP contribution >= 0.6 is 11.6 Å². The molecule has 2 amide bonds. The van der Waals surface area contributed by atoms with Crippen molar-refractivity contribution < 1.29 is 14.0 Å². The molecule has 0 bridgehead atoms. The second-order valence-corrected chi connectivity index (χ2v) is 6.98. The van der Waals surface area contributed by atoms with Crippen molar-refractivity contribution in [3.8, 4) is 0 Å². The van der Waals surface area contributed by atoms with Gasteiger partial charge in [0, 0.05) is 37.0 Å². The van der Waals surface area contributed by atoms with Crippen LogP contribution in [0.3, 0.4) is 0 Å². The van der Waals surface area contributed by atoms with E-state index in [4.69, 9.17) is 11.6 Å². The summed E-state index contributed by atoms with van der Waals surface area (Å²) in [4.78, 5) is 26.1. The SMILES string of the molecule is CN1N=C(C(=O)NCC(c2c(F)cccc2Cl)N2CCCC2)CCC1=O. The average molecular weight is 381 g/mol. The second kappa shape index (κ2) is 8.14. The van der Waals surface area contributed by atoms with E-state index < -0.39 is 0 Å². The van der Waals surface area contributed by atoms with Gasteiger partial charge in [-0.15, -0.1) is 0 Å². The Hall–Kier alpha value is -1.99. The minimum Gasteiger partial charge on any atom is -0.349 e. The number of hydrogen-bond donors (Lipinski definition) is 1. The maximum atomic E-state index is 14.4. The molecule has 1 saturated heterocycles. The van der Waals surface area contributed by atoms with Crippen LogP contribution in [-0.4, -0.2) is 54.1 Å². The molecule has 1 fully saturated rings. The molecule has 1 N–H and O–H groups in total. The molecule has 2 aliphatic rings. The lowest BCUT2D eigenvalue weighted by molar-refractivity contribution is -0.130. The highest BCUT2D eigenvalue weighted by atomic mass is 35.5. The summed E-state index contributed by atoms with van der Waals surface area (Å²) in [5, 5.41) is 8.41. The van der Waals surface area contributed by atoms with Crippen molar-refractivity contribution in [1.29, 1.82) is 0 Å². The summed E-state index contributed by atoms with van der Waals surface area (Å²) in [5.41, 5.74) is 0.723. The van der Waals surface area contributed by atoms with Gasteiger partial charge in [-0.05, 0) is 38.1 Å². The highest BCUT2D eigenvalue weighted by Gasteiger charge is 2.29. The number of halogens is 2. The van der Waals surface area contributed by atoms with E-state index in [9.17, 15) is 14.0 Å². The molecule has 1 atom stereocenters. The first kappa shape index (κ1) is 18.8. The number of likely N-dealkylation sites (tertiary alicyclic amines) is 1. The van der Waals surface area contributed by atoms with Gasteiger partial charge in [0.05, 0.1) is 6.04 Å². The zero-order valence-corrected chi connectivity index (χ0v) is 15.4. The average Bonchev–Trinajstić information content (AvgIpc) is 3.14. The fraction of sp³-hybridized carbons (Fsp3) is 0.500. The first-order chi connectivity index (χ1) is 12.5. The van der Waals surface area contributed by atoms with Crippen LogP contribution in [0.5, 0.6) is 0 Å². The largest absolute Gasteiger partial charge is 0.349 e. The lowest BCUT2D eigenvalue weighted by atomic mass is 10.0. The molecule has 26 heavy (non-hydrogen) atoms. The minimum absolute atomic E-state index is 0.116. The smallest absolute Gasteiger partial charge is 0.267 e. The molecule has 1 aromatic carbocycles. The molecule has 0 aliphatic carbocycles.